The first-order valence-electron chi connectivity index (χ1n) is 7.53. The first-order valence-corrected chi connectivity index (χ1v) is 9.34. The van der Waals surface area contributed by atoms with Crippen molar-refractivity contribution in [1.82, 2.24) is 3.97 Å². The van der Waals surface area contributed by atoms with Gasteiger partial charge in [-0.2, -0.15) is 0 Å². The molecule has 3 aromatic carbocycles. The summed E-state index contributed by atoms with van der Waals surface area (Å²) in [5.41, 5.74) is -0.0567. The van der Waals surface area contributed by atoms with E-state index in [0.717, 1.165) is 14.7 Å². The van der Waals surface area contributed by atoms with Crippen molar-refractivity contribution < 1.29 is 8.42 Å². The molecule has 0 radical (unpaired) electrons. The molecule has 124 valence electrons. The number of aromatic nitrogens is 1. The minimum atomic E-state index is -3.87. The number of halogens is 1. The van der Waals surface area contributed by atoms with Gasteiger partial charge in [0.2, 0.25) is 0 Å². The van der Waals surface area contributed by atoms with Crippen LogP contribution in [-0.4, -0.2) is 12.4 Å². The van der Waals surface area contributed by atoms with Gasteiger partial charge in [-0.15, -0.1) is 0 Å². The largest absolute Gasteiger partial charge is 0.289 e. The molecule has 0 aliphatic rings. The normalized spacial score (nSPS) is 11.9. The van der Waals surface area contributed by atoms with Gasteiger partial charge in [0.15, 0.2) is 5.43 Å². The quantitative estimate of drug-likeness (QED) is 0.535. The highest BCUT2D eigenvalue weighted by Gasteiger charge is 2.20. The molecule has 4 rings (SSSR count). The Labute approximate surface area is 149 Å². The maximum Gasteiger partial charge on any atom is 0.268 e. The fourth-order valence-electron chi connectivity index (χ4n) is 2.89. The summed E-state index contributed by atoms with van der Waals surface area (Å²) in [6.07, 6.45) is 1.27. The lowest BCUT2D eigenvalue weighted by molar-refractivity contribution is 0.589. The van der Waals surface area contributed by atoms with E-state index in [1.165, 1.54) is 12.3 Å². The molecule has 0 N–H and O–H groups in total. The fraction of sp³-hybridized carbons (Fsp3) is 0. The maximum absolute atomic E-state index is 13.1. The number of rotatable bonds is 2. The number of hydrogen-bond donors (Lipinski definition) is 0. The van der Waals surface area contributed by atoms with Gasteiger partial charge < -0.3 is 0 Å². The second-order valence-corrected chi connectivity index (χ2v) is 7.85. The van der Waals surface area contributed by atoms with Crippen LogP contribution in [0.5, 0.6) is 0 Å². The van der Waals surface area contributed by atoms with E-state index in [2.05, 4.69) is 0 Å². The molecular weight excluding hydrogens is 358 g/mol. The highest BCUT2D eigenvalue weighted by Crippen LogP contribution is 2.25. The molecule has 1 aromatic heterocycles. The molecule has 25 heavy (non-hydrogen) atoms. The van der Waals surface area contributed by atoms with E-state index >= 15 is 0 Å². The van der Waals surface area contributed by atoms with Crippen LogP contribution >= 0.6 is 11.6 Å². The predicted molar refractivity (Wildman–Crippen MR) is 99.7 cm³/mol. The molecule has 0 atom stereocenters. The fourth-order valence-corrected chi connectivity index (χ4v) is 4.53. The second kappa shape index (κ2) is 5.72. The van der Waals surface area contributed by atoms with E-state index in [0.29, 0.717) is 0 Å². The van der Waals surface area contributed by atoms with Gasteiger partial charge in [-0.05, 0) is 35.0 Å². The summed E-state index contributed by atoms with van der Waals surface area (Å²) in [4.78, 5) is 12.2. The van der Waals surface area contributed by atoms with E-state index < -0.39 is 10.0 Å². The Morgan fingerprint density at radius 2 is 1.60 bits per heavy atom. The summed E-state index contributed by atoms with van der Waals surface area (Å²) in [5.74, 6) is 0. The minimum Gasteiger partial charge on any atom is -0.289 e. The van der Waals surface area contributed by atoms with E-state index in [9.17, 15) is 13.2 Å². The zero-order valence-electron chi connectivity index (χ0n) is 12.9. The second-order valence-electron chi connectivity index (χ2n) is 5.62. The van der Waals surface area contributed by atoms with Crippen molar-refractivity contribution >= 4 is 43.3 Å². The third-order valence-corrected chi connectivity index (χ3v) is 6.12. The molecule has 0 saturated heterocycles. The highest BCUT2D eigenvalue weighted by atomic mass is 35.5. The lowest BCUT2D eigenvalue weighted by Crippen LogP contribution is -2.17. The van der Waals surface area contributed by atoms with Gasteiger partial charge in [-0.1, -0.05) is 48.0 Å². The van der Waals surface area contributed by atoms with E-state index in [4.69, 9.17) is 11.6 Å². The molecule has 0 bridgehead atoms. The van der Waals surface area contributed by atoms with Crippen LogP contribution < -0.4 is 5.43 Å². The summed E-state index contributed by atoms with van der Waals surface area (Å²) in [6.45, 7) is 0. The van der Waals surface area contributed by atoms with E-state index in [1.54, 1.807) is 36.4 Å². The molecule has 0 unspecified atom stereocenters. The molecule has 0 amide bonds. The molecule has 0 fully saturated rings. The maximum atomic E-state index is 13.1. The van der Waals surface area contributed by atoms with Crippen LogP contribution in [-0.2, 0) is 10.0 Å². The molecule has 0 spiro atoms. The van der Waals surface area contributed by atoms with Crippen molar-refractivity contribution in [3.8, 4) is 0 Å². The van der Waals surface area contributed by atoms with Crippen LogP contribution in [0.15, 0.2) is 82.6 Å². The average Bonchev–Trinajstić information content (AvgIpc) is 2.61. The predicted octanol–water partition coefficient (Wildman–Crippen LogP) is 4.05. The van der Waals surface area contributed by atoms with Crippen molar-refractivity contribution in [2.24, 2.45) is 0 Å². The summed E-state index contributed by atoms with van der Waals surface area (Å²) >= 11 is 6.10. The molecule has 6 heteroatoms. The van der Waals surface area contributed by atoms with Crippen LogP contribution in [0.2, 0.25) is 5.02 Å². The topological polar surface area (TPSA) is 56.1 Å². The van der Waals surface area contributed by atoms with Crippen LogP contribution in [0.4, 0.5) is 0 Å². The Kier molecular flexibility index (Phi) is 3.63. The van der Waals surface area contributed by atoms with Crippen molar-refractivity contribution in [2.45, 2.75) is 4.90 Å². The van der Waals surface area contributed by atoms with Crippen LogP contribution in [0.3, 0.4) is 0 Å². The first-order chi connectivity index (χ1) is 12.0. The average molecular weight is 370 g/mol. The van der Waals surface area contributed by atoms with Gasteiger partial charge >= 0.3 is 0 Å². The minimum absolute atomic E-state index is 0.149. The Morgan fingerprint density at radius 3 is 2.40 bits per heavy atom. The van der Waals surface area contributed by atoms with Gasteiger partial charge in [0, 0.05) is 12.3 Å². The smallest absolute Gasteiger partial charge is 0.268 e. The van der Waals surface area contributed by atoms with Gasteiger partial charge in [-0.25, -0.2) is 12.4 Å². The molecule has 1 heterocycles. The first kappa shape index (κ1) is 15.9. The van der Waals surface area contributed by atoms with Gasteiger partial charge in [0.05, 0.1) is 20.8 Å². The number of pyridine rings is 1. The summed E-state index contributed by atoms with van der Waals surface area (Å²) in [7, 11) is -3.87. The molecule has 0 saturated carbocycles. The highest BCUT2D eigenvalue weighted by molar-refractivity contribution is 7.90. The SMILES string of the molecule is O=c1ccn(S(=O)(=O)c2ccc3ccccc3c2)c2cccc(Cl)c12. The lowest BCUT2D eigenvalue weighted by Gasteiger charge is -2.13. The molecule has 0 aliphatic carbocycles. The molecule has 0 aliphatic heterocycles. The van der Waals surface area contributed by atoms with Crippen LogP contribution in [0, 0.1) is 0 Å². The monoisotopic (exact) mass is 369 g/mol. The number of hydrogen-bond acceptors (Lipinski definition) is 3. The standard InChI is InChI=1S/C19H12ClNO3S/c20-16-6-3-7-17-19(16)18(22)10-11-21(17)25(23,24)15-9-8-13-4-1-2-5-14(13)12-15/h1-12H. The van der Waals surface area contributed by atoms with E-state index in [1.807, 2.05) is 24.3 Å². The van der Waals surface area contributed by atoms with Crippen LogP contribution in [0.25, 0.3) is 21.7 Å². The summed E-state index contributed by atoms with van der Waals surface area (Å²) in [5, 5.41) is 2.20. The third kappa shape index (κ3) is 2.52. The van der Waals surface area contributed by atoms with Gasteiger partial charge in [-0.3, -0.25) is 4.79 Å². The Balaban J connectivity index is 2.02. The van der Waals surface area contributed by atoms with Crippen molar-refractivity contribution in [2.75, 3.05) is 0 Å². The summed E-state index contributed by atoms with van der Waals surface area (Å²) < 4.78 is 27.4. The lowest BCUT2D eigenvalue weighted by atomic mass is 10.1. The number of fused-ring (bicyclic) bond motifs is 2. The van der Waals surface area contributed by atoms with E-state index in [-0.39, 0.29) is 26.2 Å². The number of benzene rings is 3. The Morgan fingerprint density at radius 1 is 0.840 bits per heavy atom. The summed E-state index contributed by atoms with van der Waals surface area (Å²) in [6, 6.07) is 18.4. The van der Waals surface area contributed by atoms with Crippen molar-refractivity contribution in [3.63, 3.8) is 0 Å². The Bertz CT molecular complexity index is 1290. The zero-order valence-corrected chi connectivity index (χ0v) is 14.5. The van der Waals surface area contributed by atoms with Gasteiger partial charge in [0.1, 0.15) is 0 Å². The number of nitrogens with zero attached hydrogens (tertiary/aromatic N) is 1. The third-order valence-electron chi connectivity index (χ3n) is 4.11. The molecule has 4 nitrogen and oxygen atoms in total. The molecule has 4 aromatic rings. The molecular formula is C19H12ClNO3S. The van der Waals surface area contributed by atoms with Crippen molar-refractivity contribution in [3.05, 3.63) is 88.2 Å². The van der Waals surface area contributed by atoms with Gasteiger partial charge in [0.25, 0.3) is 10.0 Å². The zero-order chi connectivity index (χ0) is 17.6. The van der Waals surface area contributed by atoms with Crippen LogP contribution in [0.1, 0.15) is 0 Å². The van der Waals surface area contributed by atoms with Crippen molar-refractivity contribution in [1.29, 1.82) is 0 Å². The Hall–Kier alpha value is -2.63.